The predicted molar refractivity (Wildman–Crippen MR) is 68.7 cm³/mol. The van der Waals surface area contributed by atoms with Crippen LogP contribution in [0.15, 0.2) is 18.2 Å². The van der Waals surface area contributed by atoms with Crippen LogP contribution in [0.3, 0.4) is 0 Å². The summed E-state index contributed by atoms with van der Waals surface area (Å²) < 4.78 is 0. The highest BCUT2D eigenvalue weighted by molar-refractivity contribution is 5.39. The molecule has 0 radical (unpaired) electrons. The lowest BCUT2D eigenvalue weighted by Crippen LogP contribution is -2.21. The Balaban J connectivity index is 1.96. The zero-order chi connectivity index (χ0) is 11.9. The molecule has 1 aliphatic carbocycles. The molecule has 0 saturated heterocycles. The summed E-state index contributed by atoms with van der Waals surface area (Å²) in [5.74, 6) is 0.842. The summed E-state index contributed by atoms with van der Waals surface area (Å²) in [7, 11) is 0. The summed E-state index contributed by atoms with van der Waals surface area (Å²) in [5.41, 5.74) is 0.487. The van der Waals surface area contributed by atoms with Gasteiger partial charge in [-0.15, -0.1) is 0 Å². The molecule has 0 aliphatic heterocycles. The standard InChI is InChI=1S/C14H19N3/c15-11-13-9-6-10-14(17-13)16-12-7-4-2-1-3-5-8-12/h6,9-10,12H,1-5,7-8H2,(H,16,17). The van der Waals surface area contributed by atoms with Crippen molar-refractivity contribution in [2.24, 2.45) is 0 Å². The van der Waals surface area contributed by atoms with Gasteiger partial charge in [0.1, 0.15) is 17.6 Å². The molecule has 0 bridgehead atoms. The van der Waals surface area contributed by atoms with E-state index in [1.807, 2.05) is 12.1 Å². The number of hydrogen-bond donors (Lipinski definition) is 1. The van der Waals surface area contributed by atoms with Crippen molar-refractivity contribution in [2.75, 3.05) is 5.32 Å². The first-order chi connectivity index (χ1) is 8.38. The van der Waals surface area contributed by atoms with Crippen LogP contribution in [-0.4, -0.2) is 11.0 Å². The molecule has 1 saturated carbocycles. The maximum Gasteiger partial charge on any atom is 0.142 e. The zero-order valence-corrected chi connectivity index (χ0v) is 10.2. The molecule has 1 aromatic heterocycles. The van der Waals surface area contributed by atoms with Gasteiger partial charge in [0.15, 0.2) is 0 Å². The molecule has 0 amide bonds. The Hall–Kier alpha value is -1.56. The molecule has 3 heteroatoms. The first-order valence-corrected chi connectivity index (χ1v) is 6.52. The second-order valence-electron chi connectivity index (χ2n) is 4.71. The zero-order valence-electron chi connectivity index (χ0n) is 10.2. The van der Waals surface area contributed by atoms with Gasteiger partial charge in [-0.1, -0.05) is 38.2 Å². The van der Waals surface area contributed by atoms with Crippen LogP contribution in [-0.2, 0) is 0 Å². The smallest absolute Gasteiger partial charge is 0.142 e. The van der Waals surface area contributed by atoms with E-state index < -0.39 is 0 Å². The van der Waals surface area contributed by atoms with Gasteiger partial charge >= 0.3 is 0 Å². The van der Waals surface area contributed by atoms with Crippen LogP contribution in [0.2, 0.25) is 0 Å². The highest BCUT2D eigenvalue weighted by Crippen LogP contribution is 2.20. The lowest BCUT2D eigenvalue weighted by Gasteiger charge is -2.21. The summed E-state index contributed by atoms with van der Waals surface area (Å²) in [4.78, 5) is 4.27. The third-order valence-corrected chi connectivity index (χ3v) is 3.32. The van der Waals surface area contributed by atoms with Crippen molar-refractivity contribution in [3.05, 3.63) is 23.9 Å². The number of anilines is 1. The van der Waals surface area contributed by atoms with E-state index in [4.69, 9.17) is 5.26 Å². The average molecular weight is 229 g/mol. The Labute approximate surface area is 103 Å². The quantitative estimate of drug-likeness (QED) is 0.844. The number of nitrogens with zero attached hydrogens (tertiary/aromatic N) is 2. The van der Waals surface area contributed by atoms with Crippen LogP contribution in [0.5, 0.6) is 0 Å². The van der Waals surface area contributed by atoms with Crippen LogP contribution in [0, 0.1) is 11.3 Å². The van der Waals surface area contributed by atoms with Crippen LogP contribution < -0.4 is 5.32 Å². The van der Waals surface area contributed by atoms with Crippen LogP contribution in [0.4, 0.5) is 5.82 Å². The van der Waals surface area contributed by atoms with Gasteiger partial charge in [-0.2, -0.15) is 5.26 Å². The first-order valence-electron chi connectivity index (χ1n) is 6.52. The fourth-order valence-corrected chi connectivity index (χ4v) is 2.39. The molecule has 90 valence electrons. The summed E-state index contributed by atoms with van der Waals surface area (Å²) in [6, 6.07) is 8.17. The van der Waals surface area contributed by atoms with Gasteiger partial charge in [0.25, 0.3) is 0 Å². The van der Waals surface area contributed by atoms with Crippen molar-refractivity contribution in [3.63, 3.8) is 0 Å². The number of nitriles is 1. The van der Waals surface area contributed by atoms with E-state index in [2.05, 4.69) is 16.4 Å². The van der Waals surface area contributed by atoms with Gasteiger partial charge in [-0.25, -0.2) is 4.98 Å². The molecule has 3 nitrogen and oxygen atoms in total. The lowest BCUT2D eigenvalue weighted by molar-refractivity contribution is 0.470. The summed E-state index contributed by atoms with van der Waals surface area (Å²) >= 11 is 0. The summed E-state index contributed by atoms with van der Waals surface area (Å²) in [6.07, 6.45) is 9.13. The van der Waals surface area contributed by atoms with Crippen molar-refractivity contribution in [1.82, 2.24) is 4.98 Å². The molecule has 0 aromatic carbocycles. The van der Waals surface area contributed by atoms with Crippen molar-refractivity contribution in [1.29, 1.82) is 5.26 Å². The highest BCUT2D eigenvalue weighted by atomic mass is 15.0. The lowest BCUT2D eigenvalue weighted by atomic mass is 9.97. The number of rotatable bonds is 2. The summed E-state index contributed by atoms with van der Waals surface area (Å²) in [6.45, 7) is 0. The van der Waals surface area contributed by atoms with Crippen LogP contribution in [0.25, 0.3) is 0 Å². The van der Waals surface area contributed by atoms with Crippen LogP contribution in [0.1, 0.15) is 50.6 Å². The number of pyridine rings is 1. The third-order valence-electron chi connectivity index (χ3n) is 3.32. The Morgan fingerprint density at radius 1 is 1.12 bits per heavy atom. The summed E-state index contributed by atoms with van der Waals surface area (Å²) in [5, 5.41) is 12.3. The Bertz CT molecular complexity index is 387. The third kappa shape index (κ3) is 3.74. The van der Waals surface area contributed by atoms with E-state index in [-0.39, 0.29) is 0 Å². The van der Waals surface area contributed by atoms with E-state index in [1.165, 1.54) is 44.9 Å². The fraction of sp³-hybridized carbons (Fsp3) is 0.571. The van der Waals surface area contributed by atoms with Gasteiger partial charge in [0, 0.05) is 6.04 Å². The monoisotopic (exact) mass is 229 g/mol. The fourth-order valence-electron chi connectivity index (χ4n) is 2.39. The predicted octanol–water partition coefficient (Wildman–Crippen LogP) is 3.48. The highest BCUT2D eigenvalue weighted by Gasteiger charge is 2.11. The van der Waals surface area contributed by atoms with E-state index in [9.17, 15) is 0 Å². The minimum atomic E-state index is 0.487. The normalized spacial score (nSPS) is 17.8. The van der Waals surface area contributed by atoms with E-state index in [0.29, 0.717) is 11.7 Å². The van der Waals surface area contributed by atoms with Gasteiger partial charge in [0.05, 0.1) is 0 Å². The van der Waals surface area contributed by atoms with Crippen molar-refractivity contribution < 1.29 is 0 Å². The molecular formula is C14H19N3. The topological polar surface area (TPSA) is 48.7 Å². The Morgan fingerprint density at radius 2 is 1.82 bits per heavy atom. The second-order valence-corrected chi connectivity index (χ2v) is 4.71. The Morgan fingerprint density at radius 3 is 2.53 bits per heavy atom. The van der Waals surface area contributed by atoms with Gasteiger partial charge in [0.2, 0.25) is 0 Å². The average Bonchev–Trinajstić information content (AvgIpc) is 2.33. The molecule has 0 atom stereocenters. The van der Waals surface area contributed by atoms with E-state index >= 15 is 0 Å². The van der Waals surface area contributed by atoms with Gasteiger partial charge < -0.3 is 5.32 Å². The van der Waals surface area contributed by atoms with E-state index in [1.54, 1.807) is 6.07 Å². The molecule has 1 N–H and O–H groups in total. The molecule has 1 aromatic rings. The molecule has 0 unspecified atom stereocenters. The van der Waals surface area contributed by atoms with Gasteiger partial charge in [-0.05, 0) is 25.0 Å². The van der Waals surface area contributed by atoms with Crippen molar-refractivity contribution in [2.45, 2.75) is 51.0 Å². The largest absolute Gasteiger partial charge is 0.367 e. The van der Waals surface area contributed by atoms with E-state index in [0.717, 1.165) is 5.82 Å². The van der Waals surface area contributed by atoms with Crippen molar-refractivity contribution >= 4 is 5.82 Å². The molecule has 1 aliphatic rings. The number of hydrogen-bond acceptors (Lipinski definition) is 3. The van der Waals surface area contributed by atoms with Gasteiger partial charge in [-0.3, -0.25) is 0 Å². The SMILES string of the molecule is N#Cc1cccc(NC2CCCCCCC2)n1. The van der Waals surface area contributed by atoms with Crippen molar-refractivity contribution in [3.8, 4) is 6.07 Å². The molecule has 2 rings (SSSR count). The molecule has 1 heterocycles. The molecule has 1 fully saturated rings. The second kappa shape index (κ2) is 6.24. The maximum absolute atomic E-state index is 8.81. The Kier molecular flexibility index (Phi) is 4.37. The minimum Gasteiger partial charge on any atom is -0.367 e. The first kappa shape index (κ1) is 11.9. The maximum atomic E-state index is 8.81. The molecular weight excluding hydrogens is 210 g/mol. The minimum absolute atomic E-state index is 0.487. The molecule has 0 spiro atoms. The molecule has 17 heavy (non-hydrogen) atoms. The number of nitrogens with one attached hydrogen (secondary N) is 1. The van der Waals surface area contributed by atoms with Crippen LogP contribution >= 0.6 is 0 Å². The number of aromatic nitrogens is 1.